The largest absolute Gasteiger partial charge is 0.383 e. The minimum absolute atomic E-state index is 0.554. The average molecular weight is 283 g/mol. The van der Waals surface area contributed by atoms with Crippen LogP contribution in [0.5, 0.6) is 0 Å². The summed E-state index contributed by atoms with van der Waals surface area (Å²) in [5.41, 5.74) is 6.86. The van der Waals surface area contributed by atoms with Crippen molar-refractivity contribution in [3.05, 3.63) is 33.2 Å². The highest BCUT2D eigenvalue weighted by Gasteiger charge is 2.12. The number of anilines is 2. The number of nitrogens with zero attached hydrogens (tertiary/aromatic N) is 3. The van der Waals surface area contributed by atoms with Crippen molar-refractivity contribution in [2.45, 2.75) is 19.9 Å². The molecule has 0 spiro atoms. The summed E-state index contributed by atoms with van der Waals surface area (Å²) in [5, 5.41) is 0. The van der Waals surface area contributed by atoms with Crippen LogP contribution in [-0.2, 0) is 13.0 Å². The number of hydrogen-bond acceptors (Lipinski definition) is 5. The predicted molar refractivity (Wildman–Crippen MR) is 77.3 cm³/mol. The molecule has 2 aromatic heterocycles. The van der Waals surface area contributed by atoms with E-state index in [2.05, 4.69) is 21.8 Å². The summed E-state index contributed by atoms with van der Waals surface area (Å²) in [4.78, 5) is 11.6. The predicted octanol–water partition coefficient (Wildman–Crippen LogP) is 2.97. The maximum atomic E-state index is 5.93. The Bertz CT molecular complexity index is 541. The Labute approximate surface area is 115 Å². The van der Waals surface area contributed by atoms with Crippen LogP contribution >= 0.6 is 22.9 Å². The fourth-order valence-corrected chi connectivity index (χ4v) is 2.97. The summed E-state index contributed by atoms with van der Waals surface area (Å²) in [6, 6.07) is 3.93. The molecule has 0 bridgehead atoms. The molecule has 0 aromatic carbocycles. The fourth-order valence-electron chi connectivity index (χ4n) is 1.83. The van der Waals surface area contributed by atoms with Crippen LogP contribution in [0.25, 0.3) is 0 Å². The van der Waals surface area contributed by atoms with Gasteiger partial charge in [0.2, 0.25) is 0 Å². The number of rotatable bonds is 4. The normalized spacial score (nSPS) is 10.6. The molecule has 0 aliphatic rings. The van der Waals surface area contributed by atoms with Gasteiger partial charge in [-0.3, -0.25) is 0 Å². The molecule has 2 heterocycles. The van der Waals surface area contributed by atoms with Crippen molar-refractivity contribution in [3.63, 3.8) is 0 Å². The third-order valence-electron chi connectivity index (χ3n) is 2.69. The second-order valence-corrected chi connectivity index (χ2v) is 5.78. The molecule has 18 heavy (non-hydrogen) atoms. The van der Waals surface area contributed by atoms with Gasteiger partial charge < -0.3 is 10.6 Å². The lowest BCUT2D eigenvalue weighted by Crippen LogP contribution is -2.19. The summed E-state index contributed by atoms with van der Waals surface area (Å²) in [6.45, 7) is 2.81. The Morgan fingerprint density at radius 1 is 1.39 bits per heavy atom. The first-order valence-corrected chi connectivity index (χ1v) is 6.86. The molecule has 0 radical (unpaired) electrons. The van der Waals surface area contributed by atoms with Crippen LogP contribution < -0.4 is 10.6 Å². The zero-order valence-corrected chi connectivity index (χ0v) is 11.9. The van der Waals surface area contributed by atoms with Gasteiger partial charge in [-0.25, -0.2) is 9.97 Å². The second-order valence-electron chi connectivity index (χ2n) is 3.98. The Balaban J connectivity index is 2.23. The minimum Gasteiger partial charge on any atom is -0.383 e. The van der Waals surface area contributed by atoms with Crippen LogP contribution in [0, 0.1) is 0 Å². The number of hydrogen-bond donors (Lipinski definition) is 1. The molecule has 4 nitrogen and oxygen atoms in total. The Morgan fingerprint density at radius 2 is 2.17 bits per heavy atom. The summed E-state index contributed by atoms with van der Waals surface area (Å²) in [6.07, 6.45) is 2.32. The van der Waals surface area contributed by atoms with Gasteiger partial charge in [-0.05, 0) is 18.6 Å². The molecular weight excluding hydrogens is 268 g/mol. The van der Waals surface area contributed by atoms with Crippen LogP contribution in [0.15, 0.2) is 18.5 Å². The molecule has 0 unspecified atom stereocenters. The van der Waals surface area contributed by atoms with E-state index in [0.717, 1.165) is 28.7 Å². The average Bonchev–Trinajstić information content (AvgIpc) is 2.74. The van der Waals surface area contributed by atoms with Crippen molar-refractivity contribution in [2.24, 2.45) is 0 Å². The second kappa shape index (κ2) is 5.54. The van der Waals surface area contributed by atoms with Gasteiger partial charge in [-0.1, -0.05) is 18.5 Å². The molecule has 0 fully saturated rings. The van der Waals surface area contributed by atoms with Crippen molar-refractivity contribution < 1.29 is 0 Å². The monoisotopic (exact) mass is 282 g/mol. The zero-order valence-electron chi connectivity index (χ0n) is 10.4. The first-order chi connectivity index (χ1) is 8.61. The third kappa shape index (κ3) is 2.73. The lowest BCUT2D eigenvalue weighted by atomic mass is 10.2. The van der Waals surface area contributed by atoms with Gasteiger partial charge in [0, 0.05) is 17.5 Å². The van der Waals surface area contributed by atoms with Crippen LogP contribution in [0.4, 0.5) is 11.6 Å². The number of thiophene rings is 1. The van der Waals surface area contributed by atoms with Crippen molar-refractivity contribution >= 4 is 34.6 Å². The first kappa shape index (κ1) is 13.1. The van der Waals surface area contributed by atoms with E-state index < -0.39 is 0 Å². The lowest BCUT2D eigenvalue weighted by molar-refractivity contribution is 0.884. The summed E-state index contributed by atoms with van der Waals surface area (Å²) >= 11 is 7.51. The lowest BCUT2D eigenvalue weighted by Gasteiger charge is -2.20. The van der Waals surface area contributed by atoms with Crippen molar-refractivity contribution in [1.82, 2.24) is 9.97 Å². The highest BCUT2D eigenvalue weighted by atomic mass is 35.5. The Hall–Kier alpha value is -1.33. The summed E-state index contributed by atoms with van der Waals surface area (Å²) < 4.78 is 0.802. The minimum atomic E-state index is 0.554. The molecular formula is C12H15ClN4S. The fraction of sp³-hybridized carbons (Fsp3) is 0.333. The van der Waals surface area contributed by atoms with Crippen LogP contribution in [0.3, 0.4) is 0 Å². The molecule has 2 aromatic rings. The quantitative estimate of drug-likeness (QED) is 0.937. The van der Waals surface area contributed by atoms with E-state index in [1.807, 2.05) is 19.2 Å². The molecule has 2 rings (SSSR count). The van der Waals surface area contributed by atoms with E-state index >= 15 is 0 Å². The van der Waals surface area contributed by atoms with Gasteiger partial charge in [0.15, 0.2) is 0 Å². The number of nitrogens with two attached hydrogens (primary N) is 1. The van der Waals surface area contributed by atoms with Gasteiger partial charge in [-0.15, -0.1) is 11.3 Å². The number of halogens is 1. The number of aromatic nitrogens is 2. The number of nitrogen functional groups attached to an aromatic ring is 1. The molecule has 0 amide bonds. The highest BCUT2D eigenvalue weighted by Crippen LogP contribution is 2.26. The van der Waals surface area contributed by atoms with E-state index in [9.17, 15) is 0 Å². The topological polar surface area (TPSA) is 55.0 Å². The van der Waals surface area contributed by atoms with Crippen molar-refractivity contribution in [2.75, 3.05) is 17.7 Å². The zero-order chi connectivity index (χ0) is 13.1. The Morgan fingerprint density at radius 3 is 2.78 bits per heavy atom. The van der Waals surface area contributed by atoms with Gasteiger partial charge in [0.1, 0.15) is 18.0 Å². The maximum Gasteiger partial charge on any atom is 0.137 e. The van der Waals surface area contributed by atoms with E-state index in [1.54, 1.807) is 11.3 Å². The van der Waals surface area contributed by atoms with E-state index in [1.165, 1.54) is 11.2 Å². The highest BCUT2D eigenvalue weighted by molar-refractivity contribution is 7.16. The summed E-state index contributed by atoms with van der Waals surface area (Å²) in [5.74, 6) is 1.44. The molecule has 96 valence electrons. The molecule has 0 saturated carbocycles. The molecule has 0 saturated heterocycles. The van der Waals surface area contributed by atoms with Gasteiger partial charge in [-0.2, -0.15) is 0 Å². The molecule has 6 heteroatoms. The third-order valence-corrected chi connectivity index (χ3v) is 3.91. The van der Waals surface area contributed by atoms with E-state index in [0.29, 0.717) is 5.82 Å². The van der Waals surface area contributed by atoms with Crippen molar-refractivity contribution in [3.8, 4) is 0 Å². The van der Waals surface area contributed by atoms with Gasteiger partial charge >= 0.3 is 0 Å². The van der Waals surface area contributed by atoms with E-state index in [-0.39, 0.29) is 0 Å². The van der Waals surface area contributed by atoms with Crippen LogP contribution in [0.2, 0.25) is 4.34 Å². The molecule has 0 atom stereocenters. The summed E-state index contributed by atoms with van der Waals surface area (Å²) in [7, 11) is 1.99. The molecule has 2 N–H and O–H groups in total. The van der Waals surface area contributed by atoms with Crippen molar-refractivity contribution in [1.29, 1.82) is 0 Å². The van der Waals surface area contributed by atoms with Crippen LogP contribution in [0.1, 0.15) is 17.4 Å². The maximum absolute atomic E-state index is 5.93. The van der Waals surface area contributed by atoms with Gasteiger partial charge in [0.05, 0.1) is 10.9 Å². The van der Waals surface area contributed by atoms with E-state index in [4.69, 9.17) is 17.3 Å². The van der Waals surface area contributed by atoms with Crippen LogP contribution in [-0.4, -0.2) is 17.0 Å². The standard InChI is InChI=1S/C12H15ClN4S/c1-3-9-11(14)15-7-16-12(9)17(2)6-8-4-5-10(13)18-8/h4-5,7H,3,6H2,1-2H3,(H2,14,15,16). The van der Waals surface area contributed by atoms with Gasteiger partial charge in [0.25, 0.3) is 0 Å². The SMILES string of the molecule is CCc1c(N)ncnc1N(C)Cc1ccc(Cl)s1. The molecule has 0 aliphatic carbocycles. The smallest absolute Gasteiger partial charge is 0.137 e. The molecule has 0 aliphatic heterocycles. The first-order valence-electron chi connectivity index (χ1n) is 5.66. The Kier molecular flexibility index (Phi) is 4.04.